The third-order valence-corrected chi connectivity index (χ3v) is 4.28. The molecule has 0 spiro atoms. The van der Waals surface area contributed by atoms with Crippen molar-refractivity contribution in [2.24, 2.45) is 5.73 Å². The molecule has 0 atom stereocenters. The second-order valence-electron chi connectivity index (χ2n) is 6.28. The molecule has 4 rings (SSSR count). The molecule has 2 aromatic heterocycles. The molecule has 148 valence electrons. The summed E-state index contributed by atoms with van der Waals surface area (Å²) < 4.78 is 1.61. The maximum atomic E-state index is 11.2. The van der Waals surface area contributed by atoms with E-state index in [1.807, 2.05) is 0 Å². The summed E-state index contributed by atoms with van der Waals surface area (Å²) in [5, 5.41) is 18.2. The molecule has 3 N–H and O–H groups in total. The van der Waals surface area contributed by atoms with E-state index in [1.165, 1.54) is 12.1 Å². The third-order valence-electron chi connectivity index (χ3n) is 4.28. The molecule has 0 unspecified atom stereocenters. The lowest BCUT2D eigenvalue weighted by molar-refractivity contribution is -0.384. The average Bonchev–Trinajstić information content (AvgIpc) is 3.25. The molecule has 0 aliphatic rings. The fraction of sp³-hybridized carbons (Fsp3) is 0. The van der Waals surface area contributed by atoms with E-state index in [0.29, 0.717) is 28.6 Å². The number of nitrogens with zero attached hydrogens (tertiary/aromatic N) is 5. The van der Waals surface area contributed by atoms with Crippen LogP contribution in [-0.4, -0.2) is 30.6 Å². The van der Waals surface area contributed by atoms with Gasteiger partial charge in [0.25, 0.3) is 5.69 Å². The van der Waals surface area contributed by atoms with Crippen LogP contribution in [0, 0.1) is 10.1 Å². The SMILES string of the molecule is NC(=O)c1ccc(Nc2nccc(-c3cnn(-c4ccc([N+](=O)[O-])cc4)c3)n2)cc1. The van der Waals surface area contributed by atoms with Gasteiger partial charge in [0, 0.05) is 41.3 Å². The number of rotatable bonds is 6. The van der Waals surface area contributed by atoms with Gasteiger partial charge in [0.05, 0.1) is 22.5 Å². The number of non-ortho nitro benzene ring substituents is 1. The number of anilines is 2. The Morgan fingerprint density at radius 2 is 1.80 bits per heavy atom. The number of nitro groups is 1. The van der Waals surface area contributed by atoms with Crippen LogP contribution >= 0.6 is 0 Å². The molecule has 0 saturated heterocycles. The molecule has 0 radical (unpaired) electrons. The summed E-state index contributed by atoms with van der Waals surface area (Å²) in [7, 11) is 0. The number of nitrogens with one attached hydrogen (secondary N) is 1. The molecule has 4 aromatic rings. The summed E-state index contributed by atoms with van der Waals surface area (Å²) >= 11 is 0. The lowest BCUT2D eigenvalue weighted by atomic mass is 10.2. The van der Waals surface area contributed by atoms with Crippen LogP contribution in [0.2, 0.25) is 0 Å². The van der Waals surface area contributed by atoms with Gasteiger partial charge in [-0.15, -0.1) is 0 Å². The number of hydrogen-bond donors (Lipinski definition) is 2. The maximum absolute atomic E-state index is 11.2. The first-order valence-electron chi connectivity index (χ1n) is 8.79. The molecule has 2 aromatic carbocycles. The predicted octanol–water partition coefficient (Wildman–Crippen LogP) is 3.08. The minimum absolute atomic E-state index is 0.0153. The van der Waals surface area contributed by atoms with Crippen molar-refractivity contribution in [1.82, 2.24) is 19.7 Å². The van der Waals surface area contributed by atoms with Gasteiger partial charge in [0.1, 0.15) is 0 Å². The number of aromatic nitrogens is 4. The first-order chi connectivity index (χ1) is 14.5. The zero-order valence-electron chi connectivity index (χ0n) is 15.5. The van der Waals surface area contributed by atoms with Gasteiger partial charge in [0.2, 0.25) is 11.9 Å². The van der Waals surface area contributed by atoms with Crippen molar-refractivity contribution >= 4 is 23.2 Å². The number of carbonyl (C=O) groups excluding carboxylic acids is 1. The highest BCUT2D eigenvalue weighted by molar-refractivity contribution is 5.93. The van der Waals surface area contributed by atoms with E-state index in [9.17, 15) is 14.9 Å². The number of benzene rings is 2. The third kappa shape index (κ3) is 3.97. The number of hydrogen-bond acceptors (Lipinski definition) is 7. The van der Waals surface area contributed by atoms with E-state index >= 15 is 0 Å². The van der Waals surface area contributed by atoms with Crippen molar-refractivity contribution in [3.05, 3.63) is 88.9 Å². The summed E-state index contributed by atoms with van der Waals surface area (Å²) in [4.78, 5) is 30.2. The van der Waals surface area contributed by atoms with Crippen LogP contribution < -0.4 is 11.1 Å². The molecule has 30 heavy (non-hydrogen) atoms. The van der Waals surface area contributed by atoms with Gasteiger partial charge in [-0.25, -0.2) is 14.6 Å². The highest BCUT2D eigenvalue weighted by Gasteiger charge is 2.09. The van der Waals surface area contributed by atoms with Gasteiger partial charge in [0.15, 0.2) is 0 Å². The summed E-state index contributed by atoms with van der Waals surface area (Å²) in [6.07, 6.45) is 5.04. The quantitative estimate of drug-likeness (QED) is 0.373. The first-order valence-corrected chi connectivity index (χ1v) is 8.79. The fourth-order valence-electron chi connectivity index (χ4n) is 2.75. The Balaban J connectivity index is 1.54. The lowest BCUT2D eigenvalue weighted by Crippen LogP contribution is -2.10. The molecule has 0 bridgehead atoms. The van der Waals surface area contributed by atoms with Crippen LogP contribution in [0.15, 0.2) is 73.2 Å². The number of nitro benzene ring substituents is 1. The summed E-state index contributed by atoms with van der Waals surface area (Å²) in [5.41, 5.74) is 8.47. The Morgan fingerprint density at radius 3 is 2.47 bits per heavy atom. The van der Waals surface area contributed by atoms with Crippen LogP contribution in [0.5, 0.6) is 0 Å². The second kappa shape index (κ2) is 7.80. The molecular formula is C20H15N7O3. The van der Waals surface area contributed by atoms with E-state index in [1.54, 1.807) is 65.7 Å². The van der Waals surface area contributed by atoms with Gasteiger partial charge in [-0.2, -0.15) is 5.10 Å². The monoisotopic (exact) mass is 401 g/mol. The van der Waals surface area contributed by atoms with E-state index < -0.39 is 10.8 Å². The maximum Gasteiger partial charge on any atom is 0.269 e. The Hall–Kier alpha value is -4.60. The molecule has 1 amide bonds. The number of amides is 1. The van der Waals surface area contributed by atoms with Gasteiger partial charge < -0.3 is 11.1 Å². The van der Waals surface area contributed by atoms with Gasteiger partial charge in [-0.1, -0.05) is 0 Å². The van der Waals surface area contributed by atoms with Crippen LogP contribution in [0.4, 0.5) is 17.3 Å². The molecule has 0 saturated carbocycles. The predicted molar refractivity (Wildman–Crippen MR) is 109 cm³/mol. The molecular weight excluding hydrogens is 386 g/mol. The Labute approximate surface area is 170 Å². The first kappa shape index (κ1) is 18.7. The van der Waals surface area contributed by atoms with Crippen LogP contribution in [0.3, 0.4) is 0 Å². The topological polar surface area (TPSA) is 142 Å². The zero-order chi connectivity index (χ0) is 21.1. The molecule has 10 heteroatoms. The molecule has 10 nitrogen and oxygen atoms in total. The molecule has 0 aliphatic heterocycles. The molecule has 0 aliphatic carbocycles. The largest absolute Gasteiger partial charge is 0.366 e. The Morgan fingerprint density at radius 1 is 1.07 bits per heavy atom. The smallest absolute Gasteiger partial charge is 0.269 e. The number of primary amides is 1. The van der Waals surface area contributed by atoms with Crippen LogP contribution in [0.1, 0.15) is 10.4 Å². The van der Waals surface area contributed by atoms with Crippen molar-refractivity contribution in [2.75, 3.05) is 5.32 Å². The van der Waals surface area contributed by atoms with Crippen molar-refractivity contribution in [1.29, 1.82) is 0 Å². The number of nitrogens with two attached hydrogens (primary N) is 1. The summed E-state index contributed by atoms with van der Waals surface area (Å²) in [5.74, 6) is -0.118. The fourth-order valence-corrected chi connectivity index (χ4v) is 2.75. The van der Waals surface area contributed by atoms with Gasteiger partial charge in [-0.05, 0) is 42.5 Å². The van der Waals surface area contributed by atoms with E-state index in [4.69, 9.17) is 5.73 Å². The Bertz CT molecular complexity index is 1220. The highest BCUT2D eigenvalue weighted by Crippen LogP contribution is 2.21. The minimum Gasteiger partial charge on any atom is -0.366 e. The average molecular weight is 401 g/mol. The van der Waals surface area contributed by atoms with E-state index in [2.05, 4.69) is 20.4 Å². The van der Waals surface area contributed by atoms with Crippen LogP contribution in [-0.2, 0) is 0 Å². The van der Waals surface area contributed by atoms with Crippen molar-refractivity contribution < 1.29 is 9.72 Å². The van der Waals surface area contributed by atoms with Crippen molar-refractivity contribution in [3.63, 3.8) is 0 Å². The second-order valence-corrected chi connectivity index (χ2v) is 6.28. The minimum atomic E-state index is -0.496. The number of carbonyl (C=O) groups is 1. The Kier molecular flexibility index (Phi) is 4.87. The standard InChI is InChI=1S/C20H15N7O3/c21-19(28)13-1-3-15(4-2-13)24-20-22-10-9-18(25-20)14-11-23-26(12-14)16-5-7-17(8-6-16)27(29)30/h1-12H,(H2,21,28)(H,22,24,25). The zero-order valence-corrected chi connectivity index (χ0v) is 15.5. The molecule has 2 heterocycles. The lowest BCUT2D eigenvalue weighted by Gasteiger charge is -2.06. The van der Waals surface area contributed by atoms with E-state index in [0.717, 1.165) is 5.56 Å². The summed E-state index contributed by atoms with van der Waals surface area (Å²) in [6, 6.07) is 14.5. The highest BCUT2D eigenvalue weighted by atomic mass is 16.6. The van der Waals surface area contributed by atoms with Gasteiger partial charge in [-0.3, -0.25) is 14.9 Å². The summed E-state index contributed by atoms with van der Waals surface area (Å²) in [6.45, 7) is 0. The van der Waals surface area contributed by atoms with Crippen molar-refractivity contribution in [2.45, 2.75) is 0 Å². The van der Waals surface area contributed by atoms with Gasteiger partial charge >= 0.3 is 0 Å². The van der Waals surface area contributed by atoms with E-state index in [-0.39, 0.29) is 5.69 Å². The van der Waals surface area contributed by atoms with Crippen molar-refractivity contribution in [3.8, 4) is 16.9 Å². The normalized spacial score (nSPS) is 10.5. The molecule has 0 fully saturated rings. The van der Waals surface area contributed by atoms with Crippen LogP contribution in [0.25, 0.3) is 16.9 Å².